The summed E-state index contributed by atoms with van der Waals surface area (Å²) in [5, 5.41) is 10.3. The molecule has 1 fully saturated rings. The molecule has 2 atom stereocenters. The minimum Gasteiger partial charge on any atom is -0.448 e. The molecule has 0 saturated carbocycles. The zero-order valence-electron chi connectivity index (χ0n) is 16.2. The molecule has 0 bridgehead atoms. The first-order valence-corrected chi connectivity index (χ1v) is 9.67. The van der Waals surface area contributed by atoms with Crippen LogP contribution in [0.15, 0.2) is 48.5 Å². The molecule has 1 N–H and O–H groups in total. The van der Waals surface area contributed by atoms with E-state index in [1.54, 1.807) is 4.90 Å². The lowest BCUT2D eigenvalue weighted by Gasteiger charge is -2.36. The lowest BCUT2D eigenvalue weighted by molar-refractivity contribution is 0.0324. The first-order chi connectivity index (χ1) is 12.9. The normalized spacial score (nSPS) is 21.9. The van der Waals surface area contributed by atoms with Gasteiger partial charge in [-0.3, -0.25) is 0 Å². The Kier molecular flexibility index (Phi) is 4.47. The number of benzene rings is 2. The number of carbonyl (C=O) groups is 1. The molecule has 27 heavy (non-hydrogen) atoms. The van der Waals surface area contributed by atoms with E-state index in [2.05, 4.69) is 45.0 Å². The van der Waals surface area contributed by atoms with Gasteiger partial charge in [0.15, 0.2) is 0 Å². The number of nitrogens with zero attached hydrogens (tertiary/aromatic N) is 1. The van der Waals surface area contributed by atoms with Gasteiger partial charge in [0.05, 0.1) is 12.1 Å². The fourth-order valence-corrected chi connectivity index (χ4v) is 4.70. The van der Waals surface area contributed by atoms with E-state index in [0.717, 1.165) is 0 Å². The van der Waals surface area contributed by atoms with Crippen molar-refractivity contribution < 1.29 is 14.6 Å². The van der Waals surface area contributed by atoms with Crippen LogP contribution >= 0.6 is 0 Å². The van der Waals surface area contributed by atoms with E-state index >= 15 is 0 Å². The Labute approximate surface area is 160 Å². The summed E-state index contributed by atoms with van der Waals surface area (Å²) in [7, 11) is 0. The predicted molar refractivity (Wildman–Crippen MR) is 106 cm³/mol. The Bertz CT molecular complexity index is 809. The van der Waals surface area contributed by atoms with Gasteiger partial charge in [-0.25, -0.2) is 4.79 Å². The van der Waals surface area contributed by atoms with E-state index in [1.807, 2.05) is 24.3 Å². The van der Waals surface area contributed by atoms with Crippen LogP contribution in [0.1, 0.15) is 44.2 Å². The summed E-state index contributed by atoms with van der Waals surface area (Å²) in [6.07, 6.45) is -0.217. The highest BCUT2D eigenvalue weighted by Gasteiger charge is 2.44. The molecule has 142 valence electrons. The Morgan fingerprint density at radius 2 is 1.63 bits per heavy atom. The second kappa shape index (κ2) is 6.68. The molecule has 4 rings (SSSR count). The third-order valence-electron chi connectivity index (χ3n) is 5.82. The SMILES string of the molecule is CC(C)(C)[C@@H]1[C@H](O)CCN1C(=O)OCC1c2ccccc2-c2ccccc21. The molecular formula is C23H27NO3. The van der Waals surface area contributed by atoms with E-state index in [-0.39, 0.29) is 23.5 Å². The van der Waals surface area contributed by atoms with E-state index in [1.165, 1.54) is 22.3 Å². The number of aliphatic hydroxyl groups excluding tert-OH is 1. The number of likely N-dealkylation sites (tertiary alicyclic amines) is 1. The number of ether oxygens (including phenoxy) is 1. The van der Waals surface area contributed by atoms with Gasteiger partial charge in [0, 0.05) is 12.5 Å². The van der Waals surface area contributed by atoms with Crippen molar-refractivity contribution in [2.75, 3.05) is 13.2 Å². The number of hydrogen-bond donors (Lipinski definition) is 1. The molecule has 0 aromatic heterocycles. The zero-order valence-corrected chi connectivity index (χ0v) is 16.2. The molecule has 1 saturated heterocycles. The van der Waals surface area contributed by atoms with Gasteiger partial charge < -0.3 is 14.7 Å². The van der Waals surface area contributed by atoms with Crippen LogP contribution in [-0.4, -0.2) is 41.4 Å². The minimum absolute atomic E-state index is 0.0574. The number of hydrogen-bond acceptors (Lipinski definition) is 3. The van der Waals surface area contributed by atoms with E-state index in [9.17, 15) is 9.90 Å². The van der Waals surface area contributed by atoms with Gasteiger partial charge in [0.1, 0.15) is 6.61 Å². The predicted octanol–water partition coefficient (Wildman–Crippen LogP) is 4.42. The summed E-state index contributed by atoms with van der Waals surface area (Å²) in [5.74, 6) is 0.0574. The third kappa shape index (κ3) is 3.12. The van der Waals surface area contributed by atoms with Crippen LogP contribution in [-0.2, 0) is 4.74 Å². The lowest BCUT2D eigenvalue weighted by Crippen LogP contribution is -2.48. The third-order valence-corrected chi connectivity index (χ3v) is 5.82. The molecular weight excluding hydrogens is 338 g/mol. The Morgan fingerprint density at radius 3 is 2.19 bits per heavy atom. The fourth-order valence-electron chi connectivity index (χ4n) is 4.70. The van der Waals surface area contributed by atoms with Crippen LogP contribution in [0.5, 0.6) is 0 Å². The molecule has 4 heteroatoms. The van der Waals surface area contributed by atoms with Gasteiger partial charge in [-0.1, -0.05) is 69.3 Å². The molecule has 0 radical (unpaired) electrons. The number of carbonyl (C=O) groups excluding carboxylic acids is 1. The first kappa shape index (κ1) is 18.1. The number of fused-ring (bicyclic) bond motifs is 3. The number of rotatable bonds is 2. The van der Waals surface area contributed by atoms with Gasteiger partial charge in [-0.15, -0.1) is 0 Å². The van der Waals surface area contributed by atoms with E-state index in [0.29, 0.717) is 19.6 Å². The van der Waals surface area contributed by atoms with Crippen molar-refractivity contribution in [2.45, 2.75) is 45.3 Å². The van der Waals surface area contributed by atoms with Gasteiger partial charge in [-0.05, 0) is 34.1 Å². The van der Waals surface area contributed by atoms with E-state index in [4.69, 9.17) is 4.74 Å². The van der Waals surface area contributed by atoms with Crippen molar-refractivity contribution in [2.24, 2.45) is 5.41 Å². The highest BCUT2D eigenvalue weighted by molar-refractivity contribution is 5.79. The first-order valence-electron chi connectivity index (χ1n) is 9.67. The zero-order chi connectivity index (χ0) is 19.2. The van der Waals surface area contributed by atoms with Crippen molar-refractivity contribution in [1.29, 1.82) is 0 Å². The molecule has 1 heterocycles. The molecule has 0 spiro atoms. The highest BCUT2D eigenvalue weighted by atomic mass is 16.6. The van der Waals surface area contributed by atoms with Crippen molar-refractivity contribution in [1.82, 2.24) is 4.90 Å². The molecule has 0 unspecified atom stereocenters. The molecule has 4 nitrogen and oxygen atoms in total. The molecule has 2 aliphatic rings. The monoisotopic (exact) mass is 365 g/mol. The van der Waals surface area contributed by atoms with Gasteiger partial charge in [0.25, 0.3) is 0 Å². The maximum atomic E-state index is 12.8. The topological polar surface area (TPSA) is 49.8 Å². The summed E-state index contributed by atoms with van der Waals surface area (Å²) in [5.41, 5.74) is 4.67. The van der Waals surface area contributed by atoms with Crippen LogP contribution in [0.3, 0.4) is 0 Å². The Hall–Kier alpha value is -2.33. The molecule has 1 aliphatic heterocycles. The fraction of sp³-hybridized carbons (Fsp3) is 0.435. The Morgan fingerprint density at radius 1 is 1.07 bits per heavy atom. The largest absolute Gasteiger partial charge is 0.448 e. The minimum atomic E-state index is -0.495. The van der Waals surface area contributed by atoms with Crippen molar-refractivity contribution >= 4 is 6.09 Å². The van der Waals surface area contributed by atoms with Crippen LogP contribution < -0.4 is 0 Å². The molecule has 1 amide bonds. The average molecular weight is 365 g/mol. The van der Waals surface area contributed by atoms with Crippen molar-refractivity contribution in [3.8, 4) is 11.1 Å². The van der Waals surface area contributed by atoms with Crippen molar-refractivity contribution in [3.05, 3.63) is 59.7 Å². The molecule has 2 aromatic rings. The number of amides is 1. The van der Waals surface area contributed by atoms with Gasteiger partial charge >= 0.3 is 6.09 Å². The van der Waals surface area contributed by atoms with Crippen LogP contribution in [0.4, 0.5) is 4.79 Å². The molecule has 1 aliphatic carbocycles. The van der Waals surface area contributed by atoms with Gasteiger partial charge in [-0.2, -0.15) is 0 Å². The quantitative estimate of drug-likeness (QED) is 0.857. The lowest BCUT2D eigenvalue weighted by atomic mass is 9.84. The summed E-state index contributed by atoms with van der Waals surface area (Å²) in [4.78, 5) is 14.5. The maximum Gasteiger partial charge on any atom is 0.410 e. The van der Waals surface area contributed by atoms with Crippen molar-refractivity contribution in [3.63, 3.8) is 0 Å². The van der Waals surface area contributed by atoms with Crippen LogP contribution in [0.2, 0.25) is 0 Å². The standard InChI is InChI=1S/C23H27NO3/c1-23(2,3)21-20(25)12-13-24(21)22(26)27-14-19-17-10-6-4-8-15(17)16-9-5-7-11-18(16)19/h4-11,19-21,25H,12-14H2,1-3H3/t20-,21+/m1/s1. The van der Waals surface area contributed by atoms with Gasteiger partial charge in [0.2, 0.25) is 0 Å². The van der Waals surface area contributed by atoms with E-state index < -0.39 is 6.10 Å². The summed E-state index contributed by atoms with van der Waals surface area (Å²) in [6.45, 7) is 7.01. The van der Waals surface area contributed by atoms with Crippen LogP contribution in [0.25, 0.3) is 11.1 Å². The van der Waals surface area contributed by atoms with Crippen LogP contribution in [0, 0.1) is 5.41 Å². The highest BCUT2D eigenvalue weighted by Crippen LogP contribution is 2.44. The Balaban J connectivity index is 1.53. The summed E-state index contributed by atoms with van der Waals surface area (Å²) < 4.78 is 5.77. The second-order valence-corrected chi connectivity index (χ2v) is 8.66. The number of aliphatic hydroxyl groups is 1. The average Bonchev–Trinajstić information content (AvgIpc) is 3.18. The summed E-state index contributed by atoms with van der Waals surface area (Å²) in [6, 6.07) is 16.4. The molecule has 2 aromatic carbocycles. The second-order valence-electron chi connectivity index (χ2n) is 8.66. The smallest absolute Gasteiger partial charge is 0.410 e. The maximum absolute atomic E-state index is 12.8. The summed E-state index contributed by atoms with van der Waals surface area (Å²) >= 11 is 0.